The van der Waals surface area contributed by atoms with Gasteiger partial charge in [-0.1, -0.05) is 24.2 Å². The summed E-state index contributed by atoms with van der Waals surface area (Å²) in [7, 11) is 0. The fourth-order valence-corrected chi connectivity index (χ4v) is 1.43. The topological polar surface area (TPSA) is 69.6 Å². The number of aliphatic hydroxyl groups excluding tert-OH is 1. The minimum absolute atomic E-state index is 0.0795. The molecule has 1 N–H and O–H groups in total. The van der Waals surface area contributed by atoms with Crippen LogP contribution < -0.4 is 9.84 Å². The number of carbonyl (C=O) groups excluding carboxylic acids is 1. The van der Waals surface area contributed by atoms with Crippen molar-refractivity contribution in [3.8, 4) is 5.75 Å². The number of hydrogen-bond donors (Lipinski definition) is 1. The molecule has 1 rings (SSSR count). The van der Waals surface area contributed by atoms with Gasteiger partial charge in [-0.05, 0) is 17.7 Å². The number of ether oxygens (including phenoxy) is 1. The Bertz CT molecular complexity index is 476. The van der Waals surface area contributed by atoms with Gasteiger partial charge in [0.15, 0.2) is 0 Å². The number of halogens is 3. The molecule has 1 atom stereocenters. The molecule has 0 saturated heterocycles. The molecule has 0 bridgehead atoms. The molecule has 4 nitrogen and oxygen atoms in total. The molecular weight excluding hydrogens is 270 g/mol. The Hall–Kier alpha value is -1.66. The number of rotatable bonds is 5. The van der Waals surface area contributed by atoms with Crippen molar-refractivity contribution < 1.29 is 28.5 Å². The van der Waals surface area contributed by atoms with Crippen LogP contribution in [0.5, 0.6) is 5.75 Å². The van der Waals surface area contributed by atoms with E-state index in [0.717, 1.165) is 12.1 Å². The van der Waals surface area contributed by atoms with E-state index < -0.39 is 24.3 Å². The van der Waals surface area contributed by atoms with Gasteiger partial charge < -0.3 is 19.7 Å². The fraction of sp³-hybridized carbons (Fsp3) is 0.182. The van der Waals surface area contributed by atoms with Gasteiger partial charge in [-0.2, -0.15) is 8.78 Å². The molecule has 0 aliphatic carbocycles. The molecule has 7 heteroatoms. The number of benzene rings is 1. The first-order valence-electron chi connectivity index (χ1n) is 4.65. The minimum atomic E-state index is -3.03. The monoisotopic (exact) mass is 277 g/mol. The summed E-state index contributed by atoms with van der Waals surface area (Å²) in [5.74, 6) is -1.90. The second-order valence-electron chi connectivity index (χ2n) is 3.28. The maximum absolute atomic E-state index is 12.0. The Morgan fingerprint density at radius 2 is 2.11 bits per heavy atom. The van der Waals surface area contributed by atoms with Crippen LogP contribution in [-0.4, -0.2) is 17.7 Å². The number of carbonyl (C=O) groups is 1. The number of hydrogen-bond acceptors (Lipinski definition) is 4. The Morgan fingerprint density at radius 1 is 1.50 bits per heavy atom. The Kier molecular flexibility index (Phi) is 4.63. The molecular formula is C11H8ClF2O4-. The maximum atomic E-state index is 12.0. The van der Waals surface area contributed by atoms with E-state index in [9.17, 15) is 23.8 Å². The first-order chi connectivity index (χ1) is 8.32. The second-order valence-corrected chi connectivity index (χ2v) is 3.69. The summed E-state index contributed by atoms with van der Waals surface area (Å²) in [5, 5.41) is 19.9. The van der Waals surface area contributed by atoms with E-state index in [2.05, 4.69) is 11.3 Å². The molecule has 0 aliphatic heterocycles. The molecule has 0 radical (unpaired) electrons. The van der Waals surface area contributed by atoms with Crippen LogP contribution in [-0.2, 0) is 4.79 Å². The number of aliphatic carboxylic acids is 1. The zero-order valence-corrected chi connectivity index (χ0v) is 9.66. The third-order valence-corrected chi connectivity index (χ3v) is 2.38. The normalized spacial score (nSPS) is 12.3. The van der Waals surface area contributed by atoms with Crippen LogP contribution in [0.15, 0.2) is 30.4 Å². The third kappa shape index (κ3) is 3.41. The maximum Gasteiger partial charge on any atom is 0.387 e. The van der Waals surface area contributed by atoms with Gasteiger partial charge in [0.05, 0.1) is 11.0 Å². The van der Waals surface area contributed by atoms with E-state index in [1.807, 2.05) is 0 Å². The Balaban J connectivity index is 2.97. The van der Waals surface area contributed by atoms with Crippen molar-refractivity contribution in [1.82, 2.24) is 0 Å². The zero-order valence-electron chi connectivity index (χ0n) is 8.90. The molecule has 0 saturated carbocycles. The highest BCUT2D eigenvalue weighted by Gasteiger charge is 2.15. The molecule has 0 heterocycles. The van der Waals surface area contributed by atoms with Gasteiger partial charge in [0.25, 0.3) is 0 Å². The van der Waals surface area contributed by atoms with E-state index >= 15 is 0 Å². The average molecular weight is 278 g/mol. The molecule has 98 valence electrons. The van der Waals surface area contributed by atoms with Gasteiger partial charge in [-0.25, -0.2) is 0 Å². The van der Waals surface area contributed by atoms with E-state index in [-0.39, 0.29) is 16.3 Å². The SMILES string of the molecule is C=C(C(=O)[O-])C(O)c1ccc(OC(F)F)c(Cl)c1. The van der Waals surface area contributed by atoms with Gasteiger partial charge in [0.1, 0.15) is 11.9 Å². The van der Waals surface area contributed by atoms with E-state index in [1.165, 1.54) is 6.07 Å². The molecule has 0 aromatic heterocycles. The molecule has 18 heavy (non-hydrogen) atoms. The summed E-state index contributed by atoms with van der Waals surface area (Å²) in [6.45, 7) is 0.0936. The van der Waals surface area contributed by atoms with Gasteiger partial charge in [0.2, 0.25) is 0 Å². The highest BCUT2D eigenvalue weighted by atomic mass is 35.5. The number of aliphatic hydroxyl groups is 1. The van der Waals surface area contributed by atoms with Crippen molar-refractivity contribution >= 4 is 17.6 Å². The largest absolute Gasteiger partial charge is 0.545 e. The lowest BCUT2D eigenvalue weighted by atomic mass is 10.0. The molecule has 0 fully saturated rings. The molecule has 0 spiro atoms. The predicted molar refractivity (Wildman–Crippen MR) is 57.2 cm³/mol. The standard InChI is InChI=1S/C11H9ClF2O4/c1-5(10(16)17)9(15)6-2-3-8(7(12)4-6)18-11(13)14/h2-4,9,11,15H,1H2,(H,16,17)/p-1. The molecule has 1 unspecified atom stereocenters. The molecule has 1 aromatic rings. The molecule has 1 aromatic carbocycles. The molecule has 0 amide bonds. The lowest BCUT2D eigenvalue weighted by Gasteiger charge is -2.16. The van der Waals surface area contributed by atoms with Gasteiger partial charge >= 0.3 is 6.61 Å². The van der Waals surface area contributed by atoms with E-state index in [0.29, 0.717) is 0 Å². The van der Waals surface area contributed by atoms with Crippen molar-refractivity contribution in [3.05, 3.63) is 40.9 Å². The summed E-state index contributed by atoms with van der Waals surface area (Å²) >= 11 is 5.64. The average Bonchev–Trinajstić information content (AvgIpc) is 2.29. The minimum Gasteiger partial charge on any atom is -0.545 e. The summed E-state index contributed by atoms with van der Waals surface area (Å²) in [4.78, 5) is 10.5. The van der Waals surface area contributed by atoms with E-state index in [4.69, 9.17) is 11.6 Å². The highest BCUT2D eigenvalue weighted by Crippen LogP contribution is 2.30. The first kappa shape index (κ1) is 14.4. The lowest BCUT2D eigenvalue weighted by molar-refractivity contribution is -0.300. The van der Waals surface area contributed by atoms with Crippen LogP contribution in [0.4, 0.5) is 8.78 Å². The van der Waals surface area contributed by atoms with Crippen LogP contribution >= 0.6 is 11.6 Å². The quantitative estimate of drug-likeness (QED) is 0.823. The fourth-order valence-electron chi connectivity index (χ4n) is 1.19. The smallest absolute Gasteiger partial charge is 0.387 e. The van der Waals surface area contributed by atoms with Crippen molar-refractivity contribution in [2.75, 3.05) is 0 Å². The van der Waals surface area contributed by atoms with Crippen LogP contribution in [0, 0.1) is 0 Å². The van der Waals surface area contributed by atoms with Crippen molar-refractivity contribution in [3.63, 3.8) is 0 Å². The van der Waals surface area contributed by atoms with Crippen LogP contribution in [0.1, 0.15) is 11.7 Å². The number of carboxylic acids is 1. The second kappa shape index (κ2) is 5.79. The first-order valence-corrected chi connectivity index (χ1v) is 5.03. The van der Waals surface area contributed by atoms with Crippen LogP contribution in [0.3, 0.4) is 0 Å². The number of alkyl halides is 2. The van der Waals surface area contributed by atoms with Crippen molar-refractivity contribution in [2.24, 2.45) is 0 Å². The summed E-state index contributed by atoms with van der Waals surface area (Å²) in [6.07, 6.45) is -1.53. The van der Waals surface area contributed by atoms with Crippen LogP contribution in [0.25, 0.3) is 0 Å². The highest BCUT2D eigenvalue weighted by molar-refractivity contribution is 6.32. The van der Waals surface area contributed by atoms with E-state index in [1.54, 1.807) is 0 Å². The van der Waals surface area contributed by atoms with Crippen LogP contribution in [0.2, 0.25) is 5.02 Å². The van der Waals surface area contributed by atoms with Gasteiger partial charge in [-0.15, -0.1) is 0 Å². The summed E-state index contributed by atoms with van der Waals surface area (Å²) in [5.41, 5.74) is -0.482. The number of carboxylic acid groups (broad SMARTS) is 1. The van der Waals surface area contributed by atoms with Gasteiger partial charge in [-0.3, -0.25) is 0 Å². The third-order valence-electron chi connectivity index (χ3n) is 2.08. The summed E-state index contributed by atoms with van der Waals surface area (Å²) < 4.78 is 28.0. The molecule has 0 aliphatic rings. The van der Waals surface area contributed by atoms with Gasteiger partial charge in [0, 0.05) is 5.57 Å². The predicted octanol–water partition coefficient (Wildman–Crippen LogP) is 1.28. The van der Waals surface area contributed by atoms with Crippen molar-refractivity contribution in [2.45, 2.75) is 12.7 Å². The summed E-state index contributed by atoms with van der Waals surface area (Å²) in [6, 6.07) is 3.40. The Morgan fingerprint density at radius 3 is 2.56 bits per heavy atom. The Labute approximate surface area is 106 Å². The zero-order chi connectivity index (χ0) is 13.9. The lowest BCUT2D eigenvalue weighted by Crippen LogP contribution is -2.27. The van der Waals surface area contributed by atoms with Crippen molar-refractivity contribution in [1.29, 1.82) is 0 Å².